The van der Waals surface area contributed by atoms with Crippen molar-refractivity contribution in [1.82, 2.24) is 14.9 Å². The molecule has 3 heterocycles. The number of aromatic nitrogens is 2. The van der Waals surface area contributed by atoms with Crippen LogP contribution in [0.5, 0.6) is 0 Å². The molecule has 3 rings (SSSR count). The molecule has 2 aromatic heterocycles. The Kier molecular flexibility index (Phi) is 3.85. The van der Waals surface area contributed by atoms with Crippen LogP contribution >= 0.6 is 23.1 Å². The third-order valence-corrected chi connectivity index (χ3v) is 5.61. The van der Waals surface area contributed by atoms with Gasteiger partial charge in [-0.3, -0.25) is 4.90 Å². The fraction of sp³-hybridized carbons (Fsp3) is 0.571. The topological polar surface area (TPSA) is 67.1 Å². The van der Waals surface area contributed by atoms with E-state index in [1.807, 2.05) is 6.26 Å². The summed E-state index contributed by atoms with van der Waals surface area (Å²) in [5, 5.41) is 1.88. The SMILES string of the molecule is CSc1nc(NN)c2c3c(sc2n1)CN(C(C)(C)C)CC3. The molecule has 0 radical (unpaired) electrons. The van der Waals surface area contributed by atoms with E-state index < -0.39 is 0 Å². The number of nitrogens with one attached hydrogen (secondary N) is 1. The number of hydrogen-bond donors (Lipinski definition) is 2. The predicted molar refractivity (Wildman–Crippen MR) is 90.9 cm³/mol. The fourth-order valence-electron chi connectivity index (χ4n) is 2.74. The van der Waals surface area contributed by atoms with E-state index in [0.717, 1.165) is 40.7 Å². The summed E-state index contributed by atoms with van der Waals surface area (Å²) in [4.78, 5) is 14.1. The molecule has 0 unspecified atom stereocenters. The molecule has 5 nitrogen and oxygen atoms in total. The molecule has 1 aliphatic rings. The van der Waals surface area contributed by atoms with Gasteiger partial charge in [0.1, 0.15) is 4.83 Å². The minimum atomic E-state index is 0.193. The Hall–Kier alpha value is -0.890. The van der Waals surface area contributed by atoms with Crippen molar-refractivity contribution in [3.63, 3.8) is 0 Å². The second kappa shape index (κ2) is 5.39. The van der Waals surface area contributed by atoms with Gasteiger partial charge in [-0.2, -0.15) is 0 Å². The number of rotatable bonds is 2. The van der Waals surface area contributed by atoms with Gasteiger partial charge in [-0.05, 0) is 39.0 Å². The molecule has 0 amide bonds. The van der Waals surface area contributed by atoms with Crippen LogP contribution in [0, 0.1) is 0 Å². The fourth-order valence-corrected chi connectivity index (χ4v) is 4.40. The molecule has 0 fully saturated rings. The highest BCUT2D eigenvalue weighted by atomic mass is 32.2. The maximum atomic E-state index is 5.67. The van der Waals surface area contributed by atoms with E-state index in [9.17, 15) is 0 Å². The Morgan fingerprint density at radius 2 is 2.10 bits per heavy atom. The molecular formula is C14H21N5S2. The molecule has 1 aliphatic heterocycles. The number of anilines is 1. The monoisotopic (exact) mass is 323 g/mol. The molecule has 3 N–H and O–H groups in total. The second-order valence-electron chi connectivity index (χ2n) is 6.23. The molecule has 2 aromatic rings. The molecular weight excluding hydrogens is 302 g/mol. The molecule has 0 aliphatic carbocycles. The van der Waals surface area contributed by atoms with Crippen LogP contribution in [0.2, 0.25) is 0 Å². The highest BCUT2D eigenvalue weighted by molar-refractivity contribution is 7.98. The first-order valence-corrected chi connectivity index (χ1v) is 9.06. The van der Waals surface area contributed by atoms with E-state index in [-0.39, 0.29) is 5.54 Å². The average Bonchev–Trinajstić information content (AvgIpc) is 2.82. The Morgan fingerprint density at radius 3 is 2.71 bits per heavy atom. The van der Waals surface area contributed by atoms with E-state index in [1.165, 1.54) is 10.4 Å². The van der Waals surface area contributed by atoms with E-state index in [0.29, 0.717) is 0 Å². The highest BCUT2D eigenvalue weighted by Gasteiger charge is 2.29. The predicted octanol–water partition coefficient (Wildman–Crippen LogP) is 2.86. The van der Waals surface area contributed by atoms with E-state index >= 15 is 0 Å². The zero-order valence-corrected chi connectivity index (χ0v) is 14.5. The van der Waals surface area contributed by atoms with Gasteiger partial charge in [-0.15, -0.1) is 11.3 Å². The first-order chi connectivity index (χ1) is 9.94. The molecule has 0 bridgehead atoms. The zero-order chi connectivity index (χ0) is 15.2. The van der Waals surface area contributed by atoms with Crippen LogP contribution in [-0.2, 0) is 13.0 Å². The molecule has 0 atom stereocenters. The summed E-state index contributed by atoms with van der Waals surface area (Å²) in [6, 6.07) is 0. The average molecular weight is 323 g/mol. The van der Waals surface area contributed by atoms with Gasteiger partial charge >= 0.3 is 0 Å². The smallest absolute Gasteiger partial charge is 0.190 e. The van der Waals surface area contributed by atoms with E-state index in [4.69, 9.17) is 5.84 Å². The van der Waals surface area contributed by atoms with Gasteiger partial charge in [-0.1, -0.05) is 11.8 Å². The van der Waals surface area contributed by atoms with Gasteiger partial charge in [0.2, 0.25) is 0 Å². The molecule has 21 heavy (non-hydrogen) atoms. The largest absolute Gasteiger partial charge is 0.308 e. The number of nitrogens with two attached hydrogens (primary N) is 1. The number of hydrazine groups is 1. The summed E-state index contributed by atoms with van der Waals surface area (Å²) in [6.45, 7) is 8.85. The minimum Gasteiger partial charge on any atom is -0.308 e. The third-order valence-electron chi connectivity index (χ3n) is 3.95. The second-order valence-corrected chi connectivity index (χ2v) is 8.09. The van der Waals surface area contributed by atoms with Crippen LogP contribution in [-0.4, -0.2) is 33.2 Å². The van der Waals surface area contributed by atoms with Crippen molar-refractivity contribution in [2.45, 2.75) is 44.4 Å². The van der Waals surface area contributed by atoms with Crippen LogP contribution in [0.4, 0.5) is 5.82 Å². The number of nitrogens with zero attached hydrogens (tertiary/aromatic N) is 3. The molecule has 114 valence electrons. The van der Waals surface area contributed by atoms with Crippen LogP contribution in [0.1, 0.15) is 31.2 Å². The van der Waals surface area contributed by atoms with Crippen molar-refractivity contribution in [2.75, 3.05) is 18.2 Å². The number of thiophene rings is 1. The van der Waals surface area contributed by atoms with E-state index in [2.05, 4.69) is 41.1 Å². The maximum Gasteiger partial charge on any atom is 0.190 e. The lowest BCUT2D eigenvalue weighted by molar-refractivity contribution is 0.123. The van der Waals surface area contributed by atoms with Crippen molar-refractivity contribution in [1.29, 1.82) is 0 Å². The Bertz CT molecular complexity index is 674. The number of fused-ring (bicyclic) bond motifs is 3. The quantitative estimate of drug-likeness (QED) is 0.383. The summed E-state index contributed by atoms with van der Waals surface area (Å²) in [7, 11) is 0. The van der Waals surface area contributed by atoms with Crippen molar-refractivity contribution in [3.8, 4) is 0 Å². The highest BCUT2D eigenvalue weighted by Crippen LogP contribution is 2.39. The number of nitrogen functional groups attached to an aromatic ring is 1. The number of thioether (sulfide) groups is 1. The molecule has 0 saturated heterocycles. The standard InChI is InChI=1S/C14H21N5S2/c1-14(2,3)19-6-5-8-9(7-19)21-12-10(8)11(18-15)16-13(17-12)20-4/h5-7,15H2,1-4H3,(H,16,17,18). The molecule has 0 aromatic carbocycles. The molecule has 0 saturated carbocycles. The third kappa shape index (κ3) is 2.63. The van der Waals surface area contributed by atoms with Gasteiger partial charge < -0.3 is 5.43 Å². The molecule has 7 heteroatoms. The van der Waals surface area contributed by atoms with Gasteiger partial charge in [-0.25, -0.2) is 15.8 Å². The Balaban J connectivity index is 2.11. The minimum absolute atomic E-state index is 0.193. The summed E-state index contributed by atoms with van der Waals surface area (Å²) >= 11 is 3.32. The van der Waals surface area contributed by atoms with Gasteiger partial charge in [0.05, 0.1) is 5.39 Å². The lowest BCUT2D eigenvalue weighted by atomic mass is 9.99. The summed E-state index contributed by atoms with van der Waals surface area (Å²) in [6.07, 6.45) is 3.01. The van der Waals surface area contributed by atoms with Crippen molar-refractivity contribution in [2.24, 2.45) is 5.84 Å². The normalized spacial score (nSPS) is 16.2. The van der Waals surface area contributed by atoms with Crippen LogP contribution in [0.3, 0.4) is 0 Å². The summed E-state index contributed by atoms with van der Waals surface area (Å²) in [5.74, 6) is 6.43. The number of hydrogen-bond acceptors (Lipinski definition) is 7. The lowest BCUT2D eigenvalue weighted by Crippen LogP contribution is -2.43. The van der Waals surface area contributed by atoms with Crippen molar-refractivity contribution in [3.05, 3.63) is 10.4 Å². The van der Waals surface area contributed by atoms with Crippen molar-refractivity contribution >= 4 is 39.1 Å². The lowest BCUT2D eigenvalue weighted by Gasteiger charge is -2.38. The van der Waals surface area contributed by atoms with Gasteiger partial charge in [0.15, 0.2) is 11.0 Å². The van der Waals surface area contributed by atoms with E-state index in [1.54, 1.807) is 23.1 Å². The summed E-state index contributed by atoms with van der Waals surface area (Å²) in [5.41, 5.74) is 4.32. The van der Waals surface area contributed by atoms with Gasteiger partial charge in [0, 0.05) is 23.5 Å². The van der Waals surface area contributed by atoms with Crippen molar-refractivity contribution < 1.29 is 0 Å². The zero-order valence-electron chi connectivity index (χ0n) is 12.9. The van der Waals surface area contributed by atoms with Gasteiger partial charge in [0.25, 0.3) is 0 Å². The molecule has 0 spiro atoms. The Labute approximate surface area is 133 Å². The maximum absolute atomic E-state index is 5.67. The first kappa shape index (κ1) is 15.0. The van der Waals surface area contributed by atoms with Crippen LogP contribution in [0.25, 0.3) is 10.2 Å². The summed E-state index contributed by atoms with van der Waals surface area (Å²) < 4.78 is 0. The first-order valence-electron chi connectivity index (χ1n) is 7.02. The van der Waals surface area contributed by atoms with Crippen LogP contribution in [0.15, 0.2) is 5.16 Å². The van der Waals surface area contributed by atoms with Crippen LogP contribution < -0.4 is 11.3 Å². The Morgan fingerprint density at radius 1 is 1.33 bits per heavy atom.